The maximum Gasteiger partial charge on any atom is 0.119 e. The molecule has 1 unspecified atom stereocenters. The fourth-order valence-corrected chi connectivity index (χ4v) is 2.95. The van der Waals surface area contributed by atoms with Crippen LogP contribution in [-0.2, 0) is 6.42 Å². The Morgan fingerprint density at radius 3 is 2.90 bits per heavy atom. The van der Waals surface area contributed by atoms with E-state index < -0.39 is 0 Å². The van der Waals surface area contributed by atoms with E-state index in [1.165, 1.54) is 11.1 Å². The van der Waals surface area contributed by atoms with Gasteiger partial charge in [-0.25, -0.2) is 0 Å². The monoisotopic (exact) mass is 278 g/mol. The molecule has 1 N–H and O–H groups in total. The highest BCUT2D eigenvalue weighted by molar-refractivity contribution is 5.59. The number of ether oxygens (including phenoxy) is 1. The van der Waals surface area contributed by atoms with E-state index in [0.29, 0.717) is 5.56 Å². The maximum absolute atomic E-state index is 9.22. The van der Waals surface area contributed by atoms with Gasteiger partial charge in [0, 0.05) is 0 Å². The van der Waals surface area contributed by atoms with Crippen molar-refractivity contribution in [1.82, 2.24) is 0 Å². The standard InChI is InChI=1S/C18H18N2O/c1-21-15-10-9-13-6-4-8-18(16(13)11-15)20-17-7-3-2-5-14(17)12-19/h2-3,5,7,9-11,18,20H,4,6,8H2,1H3. The van der Waals surface area contributed by atoms with Crippen LogP contribution in [0.15, 0.2) is 42.5 Å². The largest absolute Gasteiger partial charge is 0.497 e. The minimum atomic E-state index is 0.235. The van der Waals surface area contributed by atoms with Crippen molar-refractivity contribution < 1.29 is 4.74 Å². The number of rotatable bonds is 3. The SMILES string of the molecule is COc1ccc2c(c1)C(Nc1ccccc1C#N)CCC2. The molecule has 2 aromatic carbocycles. The minimum Gasteiger partial charge on any atom is -0.497 e. The zero-order valence-electron chi connectivity index (χ0n) is 12.1. The van der Waals surface area contributed by atoms with Gasteiger partial charge in [-0.15, -0.1) is 0 Å². The van der Waals surface area contributed by atoms with Crippen molar-refractivity contribution in [2.75, 3.05) is 12.4 Å². The van der Waals surface area contributed by atoms with E-state index in [0.717, 1.165) is 30.7 Å². The highest BCUT2D eigenvalue weighted by atomic mass is 16.5. The molecule has 3 heteroatoms. The number of nitriles is 1. The predicted octanol–water partition coefficient (Wildman–Crippen LogP) is 4.06. The first-order chi connectivity index (χ1) is 10.3. The summed E-state index contributed by atoms with van der Waals surface area (Å²) in [6.45, 7) is 0. The number of anilines is 1. The Labute approximate surface area is 125 Å². The van der Waals surface area contributed by atoms with Gasteiger partial charge in [0.2, 0.25) is 0 Å². The molecule has 106 valence electrons. The van der Waals surface area contributed by atoms with E-state index in [4.69, 9.17) is 4.74 Å². The van der Waals surface area contributed by atoms with Crippen LogP contribution < -0.4 is 10.1 Å². The average molecular weight is 278 g/mol. The number of para-hydroxylation sites is 1. The molecule has 0 heterocycles. The maximum atomic E-state index is 9.22. The second-order valence-electron chi connectivity index (χ2n) is 5.31. The van der Waals surface area contributed by atoms with Gasteiger partial charge in [-0.05, 0) is 54.7 Å². The number of nitrogens with one attached hydrogen (secondary N) is 1. The number of hydrogen-bond donors (Lipinski definition) is 1. The molecule has 0 saturated heterocycles. The van der Waals surface area contributed by atoms with Gasteiger partial charge >= 0.3 is 0 Å². The molecule has 0 radical (unpaired) electrons. The van der Waals surface area contributed by atoms with Crippen molar-refractivity contribution >= 4 is 5.69 Å². The normalized spacial score (nSPS) is 16.7. The molecule has 2 aromatic rings. The average Bonchev–Trinajstić information content (AvgIpc) is 2.55. The Hall–Kier alpha value is -2.47. The molecular weight excluding hydrogens is 260 g/mol. The summed E-state index contributed by atoms with van der Waals surface area (Å²) in [5.41, 5.74) is 4.25. The summed E-state index contributed by atoms with van der Waals surface area (Å²) in [6, 6.07) is 16.4. The Morgan fingerprint density at radius 2 is 2.10 bits per heavy atom. The van der Waals surface area contributed by atoms with Gasteiger partial charge in [0.1, 0.15) is 11.8 Å². The molecule has 0 aliphatic heterocycles. The van der Waals surface area contributed by atoms with Crippen molar-refractivity contribution in [3.8, 4) is 11.8 Å². The predicted molar refractivity (Wildman–Crippen MR) is 83.5 cm³/mol. The van der Waals surface area contributed by atoms with Gasteiger partial charge in [0.15, 0.2) is 0 Å². The van der Waals surface area contributed by atoms with Crippen molar-refractivity contribution in [2.24, 2.45) is 0 Å². The van der Waals surface area contributed by atoms with E-state index in [9.17, 15) is 5.26 Å². The summed E-state index contributed by atoms with van der Waals surface area (Å²) in [4.78, 5) is 0. The van der Waals surface area contributed by atoms with Crippen molar-refractivity contribution in [3.05, 3.63) is 59.2 Å². The third-order valence-corrected chi connectivity index (χ3v) is 4.04. The Bertz CT molecular complexity index is 688. The number of aryl methyl sites for hydroxylation is 1. The first-order valence-electron chi connectivity index (χ1n) is 7.24. The topological polar surface area (TPSA) is 45.0 Å². The molecule has 0 amide bonds. The zero-order chi connectivity index (χ0) is 14.7. The van der Waals surface area contributed by atoms with E-state index in [-0.39, 0.29) is 6.04 Å². The number of benzene rings is 2. The van der Waals surface area contributed by atoms with E-state index >= 15 is 0 Å². The van der Waals surface area contributed by atoms with Crippen molar-refractivity contribution in [3.63, 3.8) is 0 Å². The number of methoxy groups -OCH3 is 1. The summed E-state index contributed by atoms with van der Waals surface area (Å²) in [5, 5.41) is 12.7. The molecule has 3 rings (SSSR count). The highest BCUT2D eigenvalue weighted by Gasteiger charge is 2.21. The van der Waals surface area contributed by atoms with Crippen molar-refractivity contribution in [1.29, 1.82) is 5.26 Å². The molecule has 0 aromatic heterocycles. The van der Waals surface area contributed by atoms with Gasteiger partial charge in [0.25, 0.3) is 0 Å². The lowest BCUT2D eigenvalue weighted by atomic mass is 9.87. The van der Waals surface area contributed by atoms with Crippen LogP contribution in [-0.4, -0.2) is 7.11 Å². The van der Waals surface area contributed by atoms with Crippen LogP contribution >= 0.6 is 0 Å². The fourth-order valence-electron chi connectivity index (χ4n) is 2.95. The molecule has 1 atom stereocenters. The summed E-state index contributed by atoms with van der Waals surface area (Å²) in [6.07, 6.45) is 3.34. The van der Waals surface area contributed by atoms with Crippen LogP contribution in [0.4, 0.5) is 5.69 Å². The lowest BCUT2D eigenvalue weighted by Gasteiger charge is -2.28. The first kappa shape index (κ1) is 13.5. The third kappa shape index (κ3) is 2.71. The van der Waals surface area contributed by atoms with Crippen LogP contribution in [0.1, 0.15) is 35.6 Å². The summed E-state index contributed by atoms with van der Waals surface area (Å²) >= 11 is 0. The number of hydrogen-bond acceptors (Lipinski definition) is 3. The van der Waals surface area contributed by atoms with Crippen molar-refractivity contribution in [2.45, 2.75) is 25.3 Å². The second-order valence-corrected chi connectivity index (χ2v) is 5.31. The van der Waals surface area contributed by atoms with E-state index in [2.05, 4.69) is 23.5 Å². The van der Waals surface area contributed by atoms with Crippen LogP contribution in [0.3, 0.4) is 0 Å². The van der Waals surface area contributed by atoms with Gasteiger partial charge in [-0.3, -0.25) is 0 Å². The van der Waals surface area contributed by atoms with Crippen LogP contribution in [0.2, 0.25) is 0 Å². The Balaban J connectivity index is 1.93. The van der Waals surface area contributed by atoms with Gasteiger partial charge < -0.3 is 10.1 Å². The molecule has 1 aliphatic rings. The van der Waals surface area contributed by atoms with Crippen LogP contribution in [0.25, 0.3) is 0 Å². The molecular formula is C18H18N2O. The van der Waals surface area contributed by atoms with Gasteiger partial charge in [0.05, 0.1) is 24.4 Å². The second kappa shape index (κ2) is 5.88. The van der Waals surface area contributed by atoms with E-state index in [1.807, 2.05) is 30.3 Å². The summed E-state index contributed by atoms with van der Waals surface area (Å²) in [5.74, 6) is 0.885. The fraction of sp³-hybridized carbons (Fsp3) is 0.278. The molecule has 21 heavy (non-hydrogen) atoms. The lowest BCUT2D eigenvalue weighted by molar-refractivity contribution is 0.413. The smallest absolute Gasteiger partial charge is 0.119 e. The zero-order valence-corrected chi connectivity index (χ0v) is 12.1. The number of nitrogens with zero attached hydrogens (tertiary/aromatic N) is 1. The summed E-state index contributed by atoms with van der Waals surface area (Å²) in [7, 11) is 1.69. The molecule has 0 fully saturated rings. The minimum absolute atomic E-state index is 0.235. The molecule has 3 nitrogen and oxygen atoms in total. The van der Waals surface area contributed by atoms with Gasteiger partial charge in [-0.1, -0.05) is 18.2 Å². The molecule has 0 bridgehead atoms. The molecule has 0 saturated carbocycles. The van der Waals surface area contributed by atoms with Gasteiger partial charge in [-0.2, -0.15) is 5.26 Å². The third-order valence-electron chi connectivity index (χ3n) is 4.04. The van der Waals surface area contributed by atoms with Crippen LogP contribution in [0.5, 0.6) is 5.75 Å². The summed E-state index contributed by atoms with van der Waals surface area (Å²) < 4.78 is 5.34. The van der Waals surface area contributed by atoms with Crippen LogP contribution in [0, 0.1) is 11.3 Å². The Kier molecular flexibility index (Phi) is 3.79. The first-order valence-corrected chi connectivity index (χ1v) is 7.24. The highest BCUT2D eigenvalue weighted by Crippen LogP contribution is 2.35. The lowest BCUT2D eigenvalue weighted by Crippen LogP contribution is -2.18. The number of fused-ring (bicyclic) bond motifs is 1. The van der Waals surface area contributed by atoms with E-state index in [1.54, 1.807) is 7.11 Å². The molecule has 1 aliphatic carbocycles. The molecule has 0 spiro atoms. The quantitative estimate of drug-likeness (QED) is 0.921. The Morgan fingerprint density at radius 1 is 1.24 bits per heavy atom.